The monoisotopic (exact) mass is 341 g/mol. The van der Waals surface area contributed by atoms with Crippen molar-refractivity contribution in [3.63, 3.8) is 0 Å². The third-order valence-electron chi connectivity index (χ3n) is 3.52. The summed E-state index contributed by atoms with van der Waals surface area (Å²) in [7, 11) is 0. The Bertz CT molecular complexity index is 818. The fourth-order valence-electron chi connectivity index (χ4n) is 2.29. The number of nitrogens with one attached hydrogen (secondary N) is 1. The minimum atomic E-state index is 0.0238. The van der Waals surface area contributed by atoms with Crippen molar-refractivity contribution in [2.75, 3.05) is 12.3 Å². The van der Waals surface area contributed by atoms with Gasteiger partial charge in [-0.1, -0.05) is 43.3 Å². The number of fused-ring (bicyclic) bond motifs is 1. The topological polar surface area (TPSA) is 72.7 Å². The van der Waals surface area contributed by atoms with Gasteiger partial charge >= 0.3 is 0 Å². The summed E-state index contributed by atoms with van der Waals surface area (Å²) in [5.41, 5.74) is 1.68. The van der Waals surface area contributed by atoms with E-state index in [1.54, 1.807) is 10.9 Å². The van der Waals surface area contributed by atoms with Crippen molar-refractivity contribution < 1.29 is 4.79 Å². The van der Waals surface area contributed by atoms with Crippen LogP contribution < -0.4 is 5.32 Å². The van der Waals surface area contributed by atoms with Crippen molar-refractivity contribution >= 4 is 28.7 Å². The molecule has 0 fully saturated rings. The second-order valence-electron chi connectivity index (χ2n) is 5.30. The van der Waals surface area contributed by atoms with Gasteiger partial charge in [-0.15, -0.1) is 0 Å². The van der Waals surface area contributed by atoms with Crippen LogP contribution in [0.5, 0.6) is 0 Å². The standard InChI is InChI=1S/C17H19N5OS/c1-2-3-9-18-15(23)11-24-17-14-10-21-22(16(14)19-12-20-17)13-7-5-4-6-8-13/h4-8,10,12H,2-3,9,11H2,1H3,(H,18,23). The Morgan fingerprint density at radius 3 is 2.88 bits per heavy atom. The summed E-state index contributed by atoms with van der Waals surface area (Å²) in [6.45, 7) is 2.82. The fraction of sp³-hybridized carbons (Fsp3) is 0.294. The van der Waals surface area contributed by atoms with Gasteiger partial charge in [0.25, 0.3) is 0 Å². The van der Waals surface area contributed by atoms with Crippen molar-refractivity contribution in [2.45, 2.75) is 24.8 Å². The molecule has 1 amide bonds. The van der Waals surface area contributed by atoms with E-state index in [-0.39, 0.29) is 5.91 Å². The third kappa shape index (κ3) is 3.73. The van der Waals surface area contributed by atoms with Crippen LogP contribution in [-0.2, 0) is 4.79 Å². The van der Waals surface area contributed by atoms with Crippen LogP contribution in [0.25, 0.3) is 16.7 Å². The predicted molar refractivity (Wildman–Crippen MR) is 95.3 cm³/mol. The highest BCUT2D eigenvalue weighted by atomic mass is 32.2. The molecule has 0 aliphatic heterocycles. The van der Waals surface area contributed by atoms with Gasteiger partial charge in [0.1, 0.15) is 11.4 Å². The lowest BCUT2D eigenvalue weighted by Crippen LogP contribution is -2.26. The number of carbonyl (C=O) groups is 1. The van der Waals surface area contributed by atoms with Crippen LogP contribution in [0, 0.1) is 0 Å². The number of para-hydroxylation sites is 1. The number of carbonyl (C=O) groups excluding carboxylic acids is 1. The molecule has 0 spiro atoms. The predicted octanol–water partition coefficient (Wildman–Crippen LogP) is 2.82. The maximum absolute atomic E-state index is 11.9. The van der Waals surface area contributed by atoms with Gasteiger partial charge in [-0.2, -0.15) is 5.10 Å². The molecule has 0 radical (unpaired) electrons. The van der Waals surface area contributed by atoms with E-state index in [9.17, 15) is 4.79 Å². The highest BCUT2D eigenvalue weighted by molar-refractivity contribution is 8.00. The van der Waals surface area contributed by atoms with Crippen LogP contribution in [0.3, 0.4) is 0 Å². The first-order valence-corrected chi connectivity index (χ1v) is 8.92. The molecule has 3 aromatic rings. The number of rotatable bonds is 7. The number of aromatic nitrogens is 4. The van der Waals surface area contributed by atoms with Gasteiger partial charge in [0.2, 0.25) is 5.91 Å². The Morgan fingerprint density at radius 2 is 2.08 bits per heavy atom. The zero-order valence-electron chi connectivity index (χ0n) is 13.5. The smallest absolute Gasteiger partial charge is 0.230 e. The van der Waals surface area contributed by atoms with Gasteiger partial charge in [0, 0.05) is 6.54 Å². The van der Waals surface area contributed by atoms with Crippen LogP contribution in [-0.4, -0.2) is 38.0 Å². The van der Waals surface area contributed by atoms with Crippen LogP contribution >= 0.6 is 11.8 Å². The molecule has 1 N–H and O–H groups in total. The summed E-state index contributed by atoms with van der Waals surface area (Å²) in [5.74, 6) is 0.363. The van der Waals surface area contributed by atoms with E-state index in [4.69, 9.17) is 0 Å². The molecule has 7 heteroatoms. The molecule has 0 atom stereocenters. The Labute approximate surface area is 144 Å². The first kappa shape index (κ1) is 16.4. The average molecular weight is 341 g/mol. The van der Waals surface area contributed by atoms with Gasteiger partial charge < -0.3 is 5.32 Å². The quantitative estimate of drug-likeness (QED) is 0.406. The van der Waals surface area contributed by atoms with E-state index in [1.165, 1.54) is 18.1 Å². The summed E-state index contributed by atoms with van der Waals surface area (Å²) in [4.78, 5) is 20.5. The summed E-state index contributed by atoms with van der Waals surface area (Å²) in [5, 5.41) is 8.95. The Kier molecular flexibility index (Phi) is 5.43. The molecule has 0 saturated carbocycles. The molecule has 0 saturated heterocycles. The molecule has 6 nitrogen and oxygen atoms in total. The lowest BCUT2D eigenvalue weighted by Gasteiger charge is -2.05. The number of amides is 1. The number of benzene rings is 1. The molecule has 2 heterocycles. The van der Waals surface area contributed by atoms with Crippen molar-refractivity contribution in [1.82, 2.24) is 25.1 Å². The lowest BCUT2D eigenvalue weighted by molar-refractivity contribution is -0.118. The first-order chi connectivity index (χ1) is 11.8. The minimum Gasteiger partial charge on any atom is -0.355 e. The molecule has 3 rings (SSSR count). The number of unbranched alkanes of at least 4 members (excludes halogenated alkanes) is 1. The summed E-state index contributed by atoms with van der Waals surface area (Å²) in [6.07, 6.45) is 5.33. The van der Waals surface area contributed by atoms with Crippen LogP contribution in [0.2, 0.25) is 0 Å². The summed E-state index contributed by atoms with van der Waals surface area (Å²) < 4.78 is 1.78. The second kappa shape index (κ2) is 7.92. The molecular formula is C17H19N5OS. The number of thioether (sulfide) groups is 1. The molecule has 0 unspecified atom stereocenters. The molecule has 124 valence electrons. The molecule has 2 aromatic heterocycles. The van der Waals surface area contributed by atoms with Crippen LogP contribution in [0.4, 0.5) is 0 Å². The fourth-order valence-corrected chi connectivity index (χ4v) is 3.08. The second-order valence-corrected chi connectivity index (χ2v) is 6.26. The molecule has 0 bridgehead atoms. The molecule has 24 heavy (non-hydrogen) atoms. The van der Waals surface area contributed by atoms with Crippen molar-refractivity contribution in [1.29, 1.82) is 0 Å². The number of hydrogen-bond donors (Lipinski definition) is 1. The summed E-state index contributed by atoms with van der Waals surface area (Å²) >= 11 is 1.41. The maximum Gasteiger partial charge on any atom is 0.230 e. The van der Waals surface area contributed by atoms with Gasteiger partial charge in [0.15, 0.2) is 5.65 Å². The van der Waals surface area contributed by atoms with E-state index in [1.807, 2.05) is 30.3 Å². The Morgan fingerprint density at radius 1 is 1.25 bits per heavy atom. The van der Waals surface area contributed by atoms with Crippen LogP contribution in [0.1, 0.15) is 19.8 Å². The zero-order valence-corrected chi connectivity index (χ0v) is 14.3. The van der Waals surface area contributed by atoms with Gasteiger partial charge in [-0.25, -0.2) is 14.6 Å². The molecular weight excluding hydrogens is 322 g/mol. The SMILES string of the molecule is CCCCNC(=O)CSc1ncnc2c1cnn2-c1ccccc1. The number of nitrogens with zero attached hydrogens (tertiary/aromatic N) is 4. The van der Waals surface area contributed by atoms with E-state index >= 15 is 0 Å². The zero-order chi connectivity index (χ0) is 16.8. The molecule has 0 aliphatic carbocycles. The highest BCUT2D eigenvalue weighted by Crippen LogP contribution is 2.25. The normalized spacial score (nSPS) is 10.9. The molecule has 1 aromatic carbocycles. The van der Waals surface area contributed by atoms with E-state index < -0.39 is 0 Å². The minimum absolute atomic E-state index is 0.0238. The van der Waals surface area contributed by atoms with Gasteiger partial charge in [-0.3, -0.25) is 4.79 Å². The summed E-state index contributed by atoms with van der Waals surface area (Å²) in [6, 6.07) is 9.83. The van der Waals surface area contributed by atoms with E-state index in [0.29, 0.717) is 5.75 Å². The largest absolute Gasteiger partial charge is 0.355 e. The maximum atomic E-state index is 11.9. The lowest BCUT2D eigenvalue weighted by atomic mass is 10.3. The Hall–Kier alpha value is -2.41. The third-order valence-corrected chi connectivity index (χ3v) is 4.53. The van der Waals surface area contributed by atoms with Crippen molar-refractivity contribution in [3.8, 4) is 5.69 Å². The first-order valence-electron chi connectivity index (χ1n) is 7.93. The van der Waals surface area contributed by atoms with Crippen molar-refractivity contribution in [2.24, 2.45) is 0 Å². The highest BCUT2D eigenvalue weighted by Gasteiger charge is 2.12. The van der Waals surface area contributed by atoms with E-state index in [2.05, 4.69) is 27.3 Å². The van der Waals surface area contributed by atoms with Gasteiger partial charge in [0.05, 0.1) is 23.0 Å². The molecule has 0 aliphatic rings. The average Bonchev–Trinajstić information content (AvgIpc) is 3.05. The van der Waals surface area contributed by atoms with Crippen LogP contribution in [0.15, 0.2) is 47.9 Å². The van der Waals surface area contributed by atoms with Crippen molar-refractivity contribution in [3.05, 3.63) is 42.9 Å². The van der Waals surface area contributed by atoms with E-state index in [0.717, 1.165) is 41.1 Å². The number of hydrogen-bond acceptors (Lipinski definition) is 5. The van der Waals surface area contributed by atoms with Gasteiger partial charge in [-0.05, 0) is 18.6 Å². The Balaban J connectivity index is 1.76.